The minimum atomic E-state index is -3.82. The Balaban J connectivity index is 1.96. The van der Waals surface area contributed by atoms with Gasteiger partial charge in [-0.05, 0) is 67.4 Å². The predicted octanol–water partition coefficient (Wildman–Crippen LogP) is 2.17. The van der Waals surface area contributed by atoms with Gasteiger partial charge in [-0.3, -0.25) is 4.79 Å². The third-order valence-corrected chi connectivity index (χ3v) is 5.83. The summed E-state index contributed by atoms with van der Waals surface area (Å²) in [6, 6.07) is 11.7. The largest absolute Gasteiger partial charge is 0.496 e. The molecule has 0 aromatic heterocycles. The summed E-state index contributed by atoms with van der Waals surface area (Å²) < 4.78 is 36.8. The van der Waals surface area contributed by atoms with Crippen LogP contribution in [0.25, 0.3) is 0 Å². The molecule has 0 aliphatic heterocycles. The normalized spacial score (nSPS) is 11.6. The van der Waals surface area contributed by atoms with Crippen molar-refractivity contribution in [3.63, 3.8) is 0 Å². The minimum Gasteiger partial charge on any atom is -0.496 e. The molecule has 0 aliphatic carbocycles. The zero-order valence-electron chi connectivity index (χ0n) is 16.9. The van der Waals surface area contributed by atoms with Crippen LogP contribution in [0.2, 0.25) is 0 Å². The number of benzene rings is 2. The van der Waals surface area contributed by atoms with E-state index in [0.717, 1.165) is 15.6 Å². The highest BCUT2D eigenvalue weighted by Gasteiger charge is 2.23. The predicted molar refractivity (Wildman–Crippen MR) is 111 cm³/mol. The summed E-state index contributed by atoms with van der Waals surface area (Å²) in [6.07, 6.45) is 1.47. The van der Waals surface area contributed by atoms with Gasteiger partial charge < -0.3 is 9.47 Å². The molecule has 2 aromatic rings. The third-order valence-electron chi connectivity index (χ3n) is 4.03. The van der Waals surface area contributed by atoms with Crippen molar-refractivity contribution in [1.82, 2.24) is 9.73 Å². The maximum absolute atomic E-state index is 12.7. The molecule has 0 radical (unpaired) electrons. The average molecular weight is 420 g/mol. The van der Waals surface area contributed by atoms with Crippen molar-refractivity contribution >= 4 is 22.1 Å². The van der Waals surface area contributed by atoms with Gasteiger partial charge >= 0.3 is 0 Å². The molecule has 156 valence electrons. The number of ether oxygens (including phenoxy) is 2. The highest BCUT2D eigenvalue weighted by atomic mass is 32.2. The molecule has 2 rings (SSSR count). The fraction of sp³-hybridized carbons (Fsp3) is 0.300. The Bertz CT molecular complexity index is 972. The van der Waals surface area contributed by atoms with Gasteiger partial charge in [0.15, 0.2) is 0 Å². The second kappa shape index (κ2) is 10.0. The van der Waals surface area contributed by atoms with Gasteiger partial charge in [-0.2, -0.15) is 9.41 Å². The number of carbonyl (C=O) groups excluding carboxylic acids is 1. The topological polar surface area (TPSA) is 97.3 Å². The fourth-order valence-electron chi connectivity index (χ4n) is 2.51. The lowest BCUT2D eigenvalue weighted by Gasteiger charge is -2.17. The highest BCUT2D eigenvalue weighted by molar-refractivity contribution is 7.89. The summed E-state index contributed by atoms with van der Waals surface area (Å²) >= 11 is 0. The highest BCUT2D eigenvalue weighted by Crippen LogP contribution is 2.23. The number of methoxy groups -OCH3 is 1. The molecule has 0 atom stereocenters. The molecular weight excluding hydrogens is 394 g/mol. The Kier molecular flexibility index (Phi) is 7.74. The number of hydrogen-bond donors (Lipinski definition) is 1. The first kappa shape index (κ1) is 22.4. The van der Waals surface area contributed by atoms with Crippen LogP contribution < -0.4 is 14.9 Å². The number of nitrogens with one attached hydrogen (secondary N) is 1. The standard InChI is InChI=1S/C20H25N3O5S/c1-5-28-17-8-6-16(7-9-17)13-21-22-20(24)14-23(3)29(25,26)18-10-11-19(27-4)15(2)12-18/h6-13H,5,14H2,1-4H3,(H,22,24)/b21-13+. The SMILES string of the molecule is CCOc1ccc(/C=N/NC(=O)CN(C)S(=O)(=O)c2ccc(OC)c(C)c2)cc1. The van der Waals surface area contributed by atoms with Crippen LogP contribution in [0.3, 0.4) is 0 Å². The lowest BCUT2D eigenvalue weighted by Crippen LogP contribution is -2.36. The number of sulfonamides is 1. The molecule has 0 spiro atoms. The monoisotopic (exact) mass is 419 g/mol. The van der Waals surface area contributed by atoms with Gasteiger partial charge in [-0.25, -0.2) is 13.8 Å². The van der Waals surface area contributed by atoms with Crippen LogP contribution in [-0.4, -0.2) is 52.2 Å². The molecule has 0 heterocycles. The van der Waals surface area contributed by atoms with E-state index in [1.807, 2.05) is 6.92 Å². The Morgan fingerprint density at radius 2 is 1.90 bits per heavy atom. The van der Waals surface area contributed by atoms with Gasteiger partial charge in [0.25, 0.3) is 5.91 Å². The Morgan fingerprint density at radius 3 is 2.48 bits per heavy atom. The van der Waals surface area contributed by atoms with E-state index in [1.165, 1.54) is 32.5 Å². The number of carbonyl (C=O) groups is 1. The summed E-state index contributed by atoms with van der Waals surface area (Å²) in [5.74, 6) is 0.783. The van der Waals surface area contributed by atoms with E-state index in [4.69, 9.17) is 9.47 Å². The number of hydrogen-bond acceptors (Lipinski definition) is 6. The molecule has 0 saturated heterocycles. The van der Waals surface area contributed by atoms with Gasteiger partial charge in [0.05, 0.1) is 31.4 Å². The van der Waals surface area contributed by atoms with Crippen LogP contribution in [0.1, 0.15) is 18.1 Å². The number of amides is 1. The van der Waals surface area contributed by atoms with E-state index in [9.17, 15) is 13.2 Å². The lowest BCUT2D eigenvalue weighted by atomic mass is 10.2. The maximum atomic E-state index is 12.7. The number of rotatable bonds is 9. The van der Waals surface area contributed by atoms with E-state index < -0.39 is 15.9 Å². The minimum absolute atomic E-state index is 0.0870. The van der Waals surface area contributed by atoms with E-state index in [2.05, 4.69) is 10.5 Å². The maximum Gasteiger partial charge on any atom is 0.255 e. The first-order chi connectivity index (χ1) is 13.8. The number of nitrogens with zero attached hydrogens (tertiary/aromatic N) is 2. The molecule has 1 N–H and O–H groups in total. The van der Waals surface area contributed by atoms with Crippen molar-refractivity contribution in [2.75, 3.05) is 27.3 Å². The number of aryl methyl sites for hydroxylation is 1. The molecule has 0 unspecified atom stereocenters. The molecule has 0 saturated carbocycles. The second-order valence-electron chi connectivity index (χ2n) is 6.19. The molecule has 0 aliphatic rings. The van der Waals surface area contributed by atoms with E-state index in [0.29, 0.717) is 17.9 Å². The van der Waals surface area contributed by atoms with Crippen molar-refractivity contribution < 1.29 is 22.7 Å². The summed E-state index contributed by atoms with van der Waals surface area (Å²) in [4.78, 5) is 12.1. The molecule has 8 nitrogen and oxygen atoms in total. The van der Waals surface area contributed by atoms with Crippen LogP contribution >= 0.6 is 0 Å². The van der Waals surface area contributed by atoms with Crippen LogP contribution in [0.15, 0.2) is 52.5 Å². The molecule has 1 amide bonds. The third kappa shape index (κ3) is 6.03. The van der Waals surface area contributed by atoms with Crippen molar-refractivity contribution in [3.05, 3.63) is 53.6 Å². The smallest absolute Gasteiger partial charge is 0.255 e. The van der Waals surface area contributed by atoms with Gasteiger partial charge in [0, 0.05) is 7.05 Å². The van der Waals surface area contributed by atoms with Crippen molar-refractivity contribution in [2.24, 2.45) is 5.10 Å². The molecule has 9 heteroatoms. The van der Waals surface area contributed by atoms with Gasteiger partial charge in [-0.15, -0.1) is 0 Å². The summed E-state index contributed by atoms with van der Waals surface area (Å²) in [6.45, 7) is 3.86. The van der Waals surface area contributed by atoms with E-state index in [1.54, 1.807) is 37.3 Å². The Hall–Kier alpha value is -2.91. The number of hydrazone groups is 1. The summed E-state index contributed by atoms with van der Waals surface area (Å²) in [5.41, 5.74) is 3.78. The van der Waals surface area contributed by atoms with Gasteiger partial charge in [0.1, 0.15) is 11.5 Å². The molecule has 2 aromatic carbocycles. The van der Waals surface area contributed by atoms with Crippen molar-refractivity contribution in [3.8, 4) is 11.5 Å². The molecule has 29 heavy (non-hydrogen) atoms. The van der Waals surface area contributed by atoms with Crippen LogP contribution in [-0.2, 0) is 14.8 Å². The Labute approximate surface area is 171 Å². The summed E-state index contributed by atoms with van der Waals surface area (Å²) in [5, 5.41) is 3.86. The average Bonchev–Trinajstić information content (AvgIpc) is 2.69. The van der Waals surface area contributed by atoms with Crippen LogP contribution in [0.5, 0.6) is 11.5 Å². The zero-order valence-corrected chi connectivity index (χ0v) is 17.7. The van der Waals surface area contributed by atoms with Crippen LogP contribution in [0.4, 0.5) is 0 Å². The fourth-order valence-corrected chi connectivity index (χ4v) is 3.72. The second-order valence-corrected chi connectivity index (χ2v) is 8.23. The van der Waals surface area contributed by atoms with Gasteiger partial charge in [-0.1, -0.05) is 0 Å². The molecule has 0 fully saturated rings. The van der Waals surface area contributed by atoms with E-state index in [-0.39, 0.29) is 11.4 Å². The van der Waals surface area contributed by atoms with Crippen molar-refractivity contribution in [1.29, 1.82) is 0 Å². The quantitative estimate of drug-likeness (QED) is 0.496. The van der Waals surface area contributed by atoms with Gasteiger partial charge in [0.2, 0.25) is 10.0 Å². The first-order valence-corrected chi connectivity index (χ1v) is 10.4. The summed E-state index contributed by atoms with van der Waals surface area (Å²) in [7, 11) is -0.965. The Morgan fingerprint density at radius 1 is 1.21 bits per heavy atom. The number of likely N-dealkylation sites (N-methyl/N-ethyl adjacent to an activating group) is 1. The lowest BCUT2D eigenvalue weighted by molar-refractivity contribution is -0.121. The van der Waals surface area contributed by atoms with Crippen molar-refractivity contribution in [2.45, 2.75) is 18.7 Å². The van der Waals surface area contributed by atoms with Crippen LogP contribution in [0, 0.1) is 6.92 Å². The zero-order chi connectivity index (χ0) is 21.4. The molecule has 0 bridgehead atoms. The first-order valence-electron chi connectivity index (χ1n) is 8.93. The molecular formula is C20H25N3O5S. The van der Waals surface area contributed by atoms with E-state index >= 15 is 0 Å².